The lowest BCUT2D eigenvalue weighted by Gasteiger charge is -2.42. The third-order valence-corrected chi connectivity index (χ3v) is 3.75. The highest BCUT2D eigenvalue weighted by Crippen LogP contribution is 2.40. The van der Waals surface area contributed by atoms with Gasteiger partial charge in [0.1, 0.15) is 0 Å². The molecule has 1 aliphatic rings. The van der Waals surface area contributed by atoms with Crippen LogP contribution in [0.15, 0.2) is 18.5 Å². The molecule has 2 heterocycles. The summed E-state index contributed by atoms with van der Waals surface area (Å²) in [5, 5.41) is 4.17. The largest absolute Gasteiger partial charge is 0.314 e. The minimum atomic E-state index is 0. The second-order valence-corrected chi connectivity index (χ2v) is 6.36. The van der Waals surface area contributed by atoms with E-state index < -0.39 is 0 Å². The molecule has 1 aromatic rings. The van der Waals surface area contributed by atoms with Crippen molar-refractivity contribution in [3.8, 4) is 0 Å². The Kier molecular flexibility index (Phi) is 8.37. The number of hydrogen-bond donors (Lipinski definition) is 1. The minimum Gasteiger partial charge on any atom is -0.314 e. The predicted molar refractivity (Wildman–Crippen MR) is 90.4 cm³/mol. The topological polar surface area (TPSA) is 28.2 Å². The molecule has 1 N–H and O–H groups in total. The summed E-state index contributed by atoms with van der Waals surface area (Å²) in [4.78, 5) is 6.62. The molecular formula is C14H24Cl3N3. The summed E-state index contributed by atoms with van der Waals surface area (Å²) >= 11 is 6.34. The van der Waals surface area contributed by atoms with Crippen molar-refractivity contribution in [2.24, 2.45) is 5.41 Å². The highest BCUT2D eigenvalue weighted by atomic mass is 35.5. The van der Waals surface area contributed by atoms with Gasteiger partial charge in [0.05, 0.1) is 5.02 Å². The van der Waals surface area contributed by atoms with E-state index in [0.717, 1.165) is 31.2 Å². The molecule has 0 unspecified atom stereocenters. The highest BCUT2D eigenvalue weighted by molar-refractivity contribution is 6.31. The van der Waals surface area contributed by atoms with E-state index in [1.807, 2.05) is 6.20 Å². The standard InChI is InChI=1S/C14H22ClN3.2ClH/c1-14(2,3)13(18-8-6-16-7-9-18)11-4-5-17-10-12(11)15;;/h4-5,10,13,16H,6-9H2,1-3H3;2*1H/t13-;;/m0../s1. The quantitative estimate of drug-likeness (QED) is 0.892. The van der Waals surface area contributed by atoms with Crippen LogP contribution in [0, 0.1) is 5.41 Å². The van der Waals surface area contributed by atoms with Gasteiger partial charge in [-0.1, -0.05) is 32.4 Å². The maximum atomic E-state index is 6.34. The summed E-state index contributed by atoms with van der Waals surface area (Å²) in [7, 11) is 0. The van der Waals surface area contributed by atoms with Crippen molar-refractivity contribution < 1.29 is 0 Å². The Labute approximate surface area is 139 Å². The van der Waals surface area contributed by atoms with Gasteiger partial charge in [-0.3, -0.25) is 9.88 Å². The second-order valence-electron chi connectivity index (χ2n) is 5.95. The van der Waals surface area contributed by atoms with Crippen LogP contribution in [0.3, 0.4) is 0 Å². The van der Waals surface area contributed by atoms with Gasteiger partial charge in [0.15, 0.2) is 0 Å². The van der Waals surface area contributed by atoms with Crippen molar-refractivity contribution in [2.45, 2.75) is 26.8 Å². The van der Waals surface area contributed by atoms with Crippen LogP contribution in [-0.2, 0) is 0 Å². The van der Waals surface area contributed by atoms with Crippen LogP contribution in [0.5, 0.6) is 0 Å². The van der Waals surface area contributed by atoms with Crippen LogP contribution in [0.1, 0.15) is 32.4 Å². The molecule has 1 fully saturated rings. The van der Waals surface area contributed by atoms with Crippen LogP contribution < -0.4 is 5.32 Å². The molecule has 0 aromatic carbocycles. The van der Waals surface area contributed by atoms with E-state index in [0.29, 0.717) is 6.04 Å². The van der Waals surface area contributed by atoms with Crippen LogP contribution in [0.25, 0.3) is 0 Å². The number of halogens is 3. The first-order valence-electron chi connectivity index (χ1n) is 6.54. The van der Waals surface area contributed by atoms with Gasteiger partial charge in [0.2, 0.25) is 0 Å². The Bertz CT molecular complexity index is 401. The number of nitrogens with zero attached hydrogens (tertiary/aromatic N) is 2. The van der Waals surface area contributed by atoms with E-state index in [2.05, 4.69) is 42.0 Å². The molecule has 20 heavy (non-hydrogen) atoms. The van der Waals surface area contributed by atoms with Gasteiger partial charge < -0.3 is 5.32 Å². The molecule has 116 valence electrons. The van der Waals surface area contributed by atoms with Crippen molar-refractivity contribution in [1.29, 1.82) is 0 Å². The molecule has 2 rings (SSSR count). The monoisotopic (exact) mass is 339 g/mol. The van der Waals surface area contributed by atoms with Crippen LogP contribution >= 0.6 is 36.4 Å². The van der Waals surface area contributed by atoms with E-state index >= 15 is 0 Å². The molecular weight excluding hydrogens is 317 g/mol. The number of piperazine rings is 1. The van der Waals surface area contributed by atoms with Gasteiger partial charge in [0.25, 0.3) is 0 Å². The number of hydrogen-bond acceptors (Lipinski definition) is 3. The van der Waals surface area contributed by atoms with E-state index in [1.54, 1.807) is 6.20 Å². The first-order valence-corrected chi connectivity index (χ1v) is 6.92. The van der Waals surface area contributed by atoms with Crippen LogP contribution in [0.4, 0.5) is 0 Å². The minimum absolute atomic E-state index is 0. The Morgan fingerprint density at radius 3 is 2.35 bits per heavy atom. The number of nitrogens with one attached hydrogen (secondary N) is 1. The molecule has 1 aliphatic heterocycles. The molecule has 0 saturated carbocycles. The van der Waals surface area contributed by atoms with Crippen molar-refractivity contribution in [2.75, 3.05) is 26.2 Å². The van der Waals surface area contributed by atoms with Crippen molar-refractivity contribution in [3.05, 3.63) is 29.0 Å². The predicted octanol–water partition coefficient (Wildman–Crippen LogP) is 3.57. The molecule has 0 radical (unpaired) electrons. The van der Waals surface area contributed by atoms with E-state index in [4.69, 9.17) is 11.6 Å². The summed E-state index contributed by atoms with van der Waals surface area (Å²) < 4.78 is 0. The molecule has 1 saturated heterocycles. The Morgan fingerprint density at radius 2 is 1.85 bits per heavy atom. The fourth-order valence-corrected chi connectivity index (χ4v) is 2.98. The zero-order valence-corrected chi connectivity index (χ0v) is 14.6. The van der Waals surface area contributed by atoms with Gasteiger partial charge in [-0.2, -0.15) is 0 Å². The van der Waals surface area contributed by atoms with Gasteiger partial charge in [-0.25, -0.2) is 0 Å². The Hall–Kier alpha value is -0.0600. The van der Waals surface area contributed by atoms with Crippen molar-refractivity contribution in [1.82, 2.24) is 15.2 Å². The van der Waals surface area contributed by atoms with Gasteiger partial charge in [-0.15, -0.1) is 24.8 Å². The Morgan fingerprint density at radius 1 is 1.25 bits per heavy atom. The number of rotatable bonds is 2. The molecule has 1 aromatic heterocycles. The zero-order valence-electron chi connectivity index (χ0n) is 12.2. The van der Waals surface area contributed by atoms with Crippen molar-refractivity contribution in [3.63, 3.8) is 0 Å². The van der Waals surface area contributed by atoms with E-state index in [9.17, 15) is 0 Å². The van der Waals surface area contributed by atoms with Crippen LogP contribution in [-0.4, -0.2) is 36.1 Å². The molecule has 0 aliphatic carbocycles. The third kappa shape index (κ3) is 4.74. The van der Waals surface area contributed by atoms with Gasteiger partial charge in [0, 0.05) is 44.6 Å². The molecule has 6 heteroatoms. The average molecular weight is 341 g/mol. The molecule has 1 atom stereocenters. The fourth-order valence-electron chi connectivity index (χ4n) is 2.76. The van der Waals surface area contributed by atoms with Gasteiger partial charge >= 0.3 is 0 Å². The lowest BCUT2D eigenvalue weighted by molar-refractivity contribution is 0.0862. The molecule has 0 spiro atoms. The van der Waals surface area contributed by atoms with Crippen molar-refractivity contribution >= 4 is 36.4 Å². The third-order valence-electron chi connectivity index (χ3n) is 3.44. The summed E-state index contributed by atoms with van der Waals surface area (Å²) in [6.45, 7) is 11.1. The highest BCUT2D eigenvalue weighted by Gasteiger charge is 2.33. The number of pyridine rings is 1. The number of aromatic nitrogens is 1. The first-order chi connectivity index (χ1) is 8.50. The zero-order chi connectivity index (χ0) is 13.2. The van der Waals surface area contributed by atoms with E-state index in [1.165, 1.54) is 5.56 Å². The molecule has 0 bridgehead atoms. The summed E-state index contributed by atoms with van der Waals surface area (Å²) in [5.74, 6) is 0. The maximum absolute atomic E-state index is 6.34. The van der Waals surface area contributed by atoms with Crippen LogP contribution in [0.2, 0.25) is 5.02 Å². The summed E-state index contributed by atoms with van der Waals surface area (Å²) in [6.07, 6.45) is 3.58. The normalized spacial score (nSPS) is 17.8. The molecule has 3 nitrogen and oxygen atoms in total. The van der Waals surface area contributed by atoms with E-state index in [-0.39, 0.29) is 30.2 Å². The lowest BCUT2D eigenvalue weighted by Crippen LogP contribution is -2.48. The summed E-state index contributed by atoms with van der Waals surface area (Å²) in [5.41, 5.74) is 1.35. The SMILES string of the molecule is CC(C)(C)[C@H](c1ccncc1Cl)N1CCNCC1.Cl.Cl. The smallest absolute Gasteiger partial charge is 0.0637 e. The second kappa shape index (κ2) is 8.40. The van der Waals surface area contributed by atoms with Gasteiger partial charge in [-0.05, 0) is 17.0 Å². The molecule has 0 amide bonds. The lowest BCUT2D eigenvalue weighted by atomic mass is 9.81. The Balaban J connectivity index is 0.00000180. The summed E-state index contributed by atoms with van der Waals surface area (Å²) in [6, 6.07) is 2.40. The fraction of sp³-hybridized carbons (Fsp3) is 0.643. The maximum Gasteiger partial charge on any atom is 0.0637 e. The first kappa shape index (κ1) is 19.9. The average Bonchev–Trinajstić information content (AvgIpc) is 2.32.